The number of aryl methyl sites for hydroxylation is 1. The molecule has 0 aliphatic heterocycles. The molecule has 108 valence electrons. The molecule has 0 amide bonds. The fourth-order valence-corrected chi connectivity index (χ4v) is 1.88. The molecule has 20 heavy (non-hydrogen) atoms. The van der Waals surface area contributed by atoms with Gasteiger partial charge in [-0.15, -0.1) is 0 Å². The highest BCUT2D eigenvalue weighted by Crippen LogP contribution is 2.14. The Balaban J connectivity index is 1.91. The predicted octanol–water partition coefficient (Wildman–Crippen LogP) is 2.20. The molecule has 1 heterocycles. The van der Waals surface area contributed by atoms with Crippen LogP contribution in [-0.2, 0) is 12.8 Å². The van der Waals surface area contributed by atoms with Crippen LogP contribution < -0.4 is 10.5 Å². The summed E-state index contributed by atoms with van der Waals surface area (Å²) < 4.78 is 10.4. The van der Waals surface area contributed by atoms with E-state index in [1.165, 1.54) is 0 Å². The van der Waals surface area contributed by atoms with Gasteiger partial charge in [0.05, 0.1) is 7.11 Å². The van der Waals surface area contributed by atoms with E-state index in [0.29, 0.717) is 30.6 Å². The van der Waals surface area contributed by atoms with Crippen molar-refractivity contribution in [2.24, 2.45) is 11.7 Å². The molecule has 5 nitrogen and oxygen atoms in total. The first kappa shape index (κ1) is 14.5. The predicted molar refractivity (Wildman–Crippen MR) is 76.6 cm³/mol. The molecule has 2 aromatic rings. The number of hydrogen-bond acceptors (Lipinski definition) is 5. The molecule has 2 N–H and O–H groups in total. The number of ether oxygens (including phenoxy) is 1. The fraction of sp³-hybridized carbons (Fsp3) is 0.467. The SMILES string of the molecule is COc1ccc(Cc2noc(CCC(C)CN)n2)cc1. The lowest BCUT2D eigenvalue weighted by molar-refractivity contribution is 0.362. The second kappa shape index (κ2) is 7.05. The Morgan fingerprint density at radius 1 is 1.30 bits per heavy atom. The molecular weight excluding hydrogens is 254 g/mol. The van der Waals surface area contributed by atoms with Crippen LogP contribution >= 0.6 is 0 Å². The van der Waals surface area contributed by atoms with Gasteiger partial charge in [-0.05, 0) is 36.6 Å². The van der Waals surface area contributed by atoms with E-state index in [0.717, 1.165) is 24.2 Å². The van der Waals surface area contributed by atoms with E-state index in [4.69, 9.17) is 15.0 Å². The zero-order valence-corrected chi connectivity index (χ0v) is 12.0. The lowest BCUT2D eigenvalue weighted by Gasteiger charge is -2.04. The van der Waals surface area contributed by atoms with Crippen LogP contribution in [-0.4, -0.2) is 23.8 Å². The molecule has 5 heteroatoms. The van der Waals surface area contributed by atoms with Crippen LogP contribution in [0.4, 0.5) is 0 Å². The summed E-state index contributed by atoms with van der Waals surface area (Å²) >= 11 is 0. The molecule has 1 aromatic heterocycles. The lowest BCUT2D eigenvalue weighted by Crippen LogP contribution is -2.11. The minimum atomic E-state index is 0.479. The van der Waals surface area contributed by atoms with Crippen molar-refractivity contribution in [2.75, 3.05) is 13.7 Å². The summed E-state index contributed by atoms with van der Waals surface area (Å²) in [5.41, 5.74) is 6.72. The van der Waals surface area contributed by atoms with Crippen molar-refractivity contribution in [3.8, 4) is 5.75 Å². The molecule has 0 saturated heterocycles. The summed E-state index contributed by atoms with van der Waals surface area (Å²) in [5, 5.41) is 4.01. The van der Waals surface area contributed by atoms with Crippen LogP contribution in [0, 0.1) is 5.92 Å². The van der Waals surface area contributed by atoms with E-state index in [9.17, 15) is 0 Å². The number of methoxy groups -OCH3 is 1. The average Bonchev–Trinajstić information content (AvgIpc) is 2.93. The van der Waals surface area contributed by atoms with E-state index >= 15 is 0 Å². The van der Waals surface area contributed by atoms with Gasteiger partial charge >= 0.3 is 0 Å². The molecule has 0 fully saturated rings. The molecule has 2 rings (SSSR count). The lowest BCUT2D eigenvalue weighted by atomic mass is 10.1. The highest BCUT2D eigenvalue weighted by Gasteiger charge is 2.09. The Kier molecular flexibility index (Phi) is 5.12. The standard InChI is InChI=1S/C15H21N3O2/c1-11(10-16)3-8-15-17-14(18-20-15)9-12-4-6-13(19-2)7-5-12/h4-7,11H,3,8-10,16H2,1-2H3. The quantitative estimate of drug-likeness (QED) is 0.838. The molecule has 1 atom stereocenters. The maximum absolute atomic E-state index is 5.59. The summed E-state index contributed by atoms with van der Waals surface area (Å²) in [5.74, 6) is 2.73. The van der Waals surface area contributed by atoms with Crippen molar-refractivity contribution in [3.63, 3.8) is 0 Å². The minimum Gasteiger partial charge on any atom is -0.497 e. The molecule has 0 radical (unpaired) electrons. The van der Waals surface area contributed by atoms with Crippen molar-refractivity contribution in [3.05, 3.63) is 41.5 Å². The van der Waals surface area contributed by atoms with Gasteiger partial charge in [-0.3, -0.25) is 0 Å². The van der Waals surface area contributed by atoms with Crippen molar-refractivity contribution >= 4 is 0 Å². The van der Waals surface area contributed by atoms with Gasteiger partial charge in [0.2, 0.25) is 5.89 Å². The third-order valence-electron chi connectivity index (χ3n) is 3.28. The van der Waals surface area contributed by atoms with E-state index in [2.05, 4.69) is 17.1 Å². The first-order valence-electron chi connectivity index (χ1n) is 6.85. The van der Waals surface area contributed by atoms with Gasteiger partial charge in [0, 0.05) is 12.8 Å². The van der Waals surface area contributed by atoms with Crippen LogP contribution in [0.2, 0.25) is 0 Å². The summed E-state index contributed by atoms with van der Waals surface area (Å²) in [6.07, 6.45) is 2.43. The van der Waals surface area contributed by atoms with Gasteiger partial charge in [-0.1, -0.05) is 24.2 Å². The van der Waals surface area contributed by atoms with Crippen molar-refractivity contribution in [1.82, 2.24) is 10.1 Å². The number of nitrogens with two attached hydrogens (primary N) is 1. The summed E-state index contributed by atoms with van der Waals surface area (Å²) in [4.78, 5) is 4.40. The molecule has 0 bridgehead atoms. The Morgan fingerprint density at radius 3 is 2.70 bits per heavy atom. The van der Waals surface area contributed by atoms with Crippen molar-refractivity contribution in [2.45, 2.75) is 26.2 Å². The first-order chi connectivity index (χ1) is 9.71. The highest BCUT2D eigenvalue weighted by molar-refractivity contribution is 5.28. The molecule has 0 spiro atoms. The third-order valence-corrected chi connectivity index (χ3v) is 3.28. The largest absolute Gasteiger partial charge is 0.497 e. The molecule has 1 aromatic carbocycles. The summed E-state index contributed by atoms with van der Waals surface area (Å²) in [6.45, 7) is 2.81. The van der Waals surface area contributed by atoms with E-state index in [1.807, 2.05) is 24.3 Å². The van der Waals surface area contributed by atoms with Crippen molar-refractivity contribution < 1.29 is 9.26 Å². The second-order valence-corrected chi connectivity index (χ2v) is 5.01. The number of hydrogen-bond donors (Lipinski definition) is 1. The van der Waals surface area contributed by atoms with Gasteiger partial charge in [0.1, 0.15) is 5.75 Å². The molecule has 0 saturated carbocycles. The minimum absolute atomic E-state index is 0.479. The summed E-state index contributed by atoms with van der Waals surface area (Å²) in [6, 6.07) is 7.87. The second-order valence-electron chi connectivity index (χ2n) is 5.01. The maximum atomic E-state index is 5.59. The Morgan fingerprint density at radius 2 is 2.05 bits per heavy atom. The number of nitrogens with zero attached hydrogens (tertiary/aromatic N) is 2. The number of aromatic nitrogens is 2. The zero-order chi connectivity index (χ0) is 14.4. The van der Waals surface area contributed by atoms with Crippen LogP contribution in [0.5, 0.6) is 5.75 Å². The Hall–Kier alpha value is -1.88. The van der Waals surface area contributed by atoms with E-state index in [1.54, 1.807) is 7.11 Å². The van der Waals surface area contributed by atoms with E-state index < -0.39 is 0 Å². The van der Waals surface area contributed by atoms with Gasteiger partial charge < -0.3 is 15.0 Å². The third kappa shape index (κ3) is 4.06. The zero-order valence-electron chi connectivity index (χ0n) is 12.0. The van der Waals surface area contributed by atoms with Gasteiger partial charge in [-0.2, -0.15) is 4.98 Å². The monoisotopic (exact) mass is 275 g/mol. The normalized spacial score (nSPS) is 12.3. The molecular formula is C15H21N3O2. The maximum Gasteiger partial charge on any atom is 0.226 e. The van der Waals surface area contributed by atoms with Gasteiger partial charge in [-0.25, -0.2) is 0 Å². The fourth-order valence-electron chi connectivity index (χ4n) is 1.88. The Labute approximate surface area is 119 Å². The van der Waals surface area contributed by atoms with Gasteiger partial charge in [0.15, 0.2) is 5.82 Å². The smallest absolute Gasteiger partial charge is 0.226 e. The van der Waals surface area contributed by atoms with Crippen molar-refractivity contribution in [1.29, 1.82) is 0 Å². The first-order valence-corrected chi connectivity index (χ1v) is 6.85. The topological polar surface area (TPSA) is 74.2 Å². The summed E-state index contributed by atoms with van der Waals surface area (Å²) in [7, 11) is 1.66. The molecule has 0 aliphatic rings. The molecule has 1 unspecified atom stereocenters. The number of rotatable bonds is 7. The van der Waals surface area contributed by atoms with Crippen LogP contribution in [0.15, 0.2) is 28.8 Å². The van der Waals surface area contributed by atoms with Gasteiger partial charge in [0.25, 0.3) is 0 Å². The molecule has 0 aliphatic carbocycles. The van der Waals surface area contributed by atoms with Crippen LogP contribution in [0.1, 0.15) is 30.6 Å². The number of benzene rings is 1. The van der Waals surface area contributed by atoms with Crippen LogP contribution in [0.25, 0.3) is 0 Å². The van der Waals surface area contributed by atoms with E-state index in [-0.39, 0.29) is 0 Å². The van der Waals surface area contributed by atoms with Crippen LogP contribution in [0.3, 0.4) is 0 Å². The Bertz CT molecular complexity index is 522. The highest BCUT2D eigenvalue weighted by atomic mass is 16.5. The average molecular weight is 275 g/mol.